The molecule has 0 heterocycles. The van der Waals surface area contributed by atoms with Crippen LogP contribution < -0.4 is 10.6 Å². The van der Waals surface area contributed by atoms with E-state index in [0.717, 1.165) is 61.9 Å². The maximum atomic E-state index is 14.4. The number of hydrogen-bond acceptors (Lipinski definition) is 2. The zero-order chi connectivity index (χ0) is 25.4. The van der Waals surface area contributed by atoms with Crippen LogP contribution in [0.3, 0.4) is 0 Å². The van der Waals surface area contributed by atoms with Gasteiger partial charge in [0.25, 0.3) is 5.91 Å². The molecule has 1 amide bonds. The highest BCUT2D eigenvalue weighted by atomic mass is 19.4. The third-order valence-electron chi connectivity index (χ3n) is 6.53. The molecular formula is C27H33F5N2O. The smallest absolute Gasteiger partial charge is 0.381 e. The van der Waals surface area contributed by atoms with Gasteiger partial charge in [-0.05, 0) is 66.6 Å². The SMILES string of the molecule is CCCC[C@H](F)[C@H](F)C(=O)Nc1ccc(NCc2ccc(C(F)(F)F)cc2)cc1C1CCCCC1. The van der Waals surface area contributed by atoms with Crippen LogP contribution in [0.15, 0.2) is 42.5 Å². The Labute approximate surface area is 203 Å². The number of halogens is 5. The van der Waals surface area contributed by atoms with Crippen LogP contribution in [-0.2, 0) is 17.5 Å². The van der Waals surface area contributed by atoms with E-state index in [-0.39, 0.29) is 12.3 Å². The van der Waals surface area contributed by atoms with Gasteiger partial charge in [0.2, 0.25) is 6.17 Å². The van der Waals surface area contributed by atoms with E-state index in [1.54, 1.807) is 12.1 Å². The van der Waals surface area contributed by atoms with Crippen LogP contribution in [0, 0.1) is 0 Å². The Kier molecular flexibility index (Phi) is 9.52. The Morgan fingerprint density at radius 3 is 2.34 bits per heavy atom. The summed E-state index contributed by atoms with van der Waals surface area (Å²) in [6, 6.07) is 10.3. The molecule has 1 saturated carbocycles. The van der Waals surface area contributed by atoms with Gasteiger partial charge in [0, 0.05) is 17.9 Å². The summed E-state index contributed by atoms with van der Waals surface area (Å²) < 4.78 is 66.8. The fourth-order valence-corrected chi connectivity index (χ4v) is 4.46. The number of carbonyl (C=O) groups excluding carboxylic acids is 1. The lowest BCUT2D eigenvalue weighted by atomic mass is 9.83. The van der Waals surface area contributed by atoms with Crippen molar-refractivity contribution in [3.8, 4) is 0 Å². The molecule has 192 valence electrons. The van der Waals surface area contributed by atoms with E-state index in [0.29, 0.717) is 24.2 Å². The highest BCUT2D eigenvalue weighted by Crippen LogP contribution is 2.38. The monoisotopic (exact) mass is 496 g/mol. The van der Waals surface area contributed by atoms with Crippen LogP contribution in [0.4, 0.5) is 33.3 Å². The Morgan fingerprint density at radius 2 is 1.71 bits per heavy atom. The molecule has 35 heavy (non-hydrogen) atoms. The summed E-state index contributed by atoms with van der Waals surface area (Å²) in [6.45, 7) is 2.20. The summed E-state index contributed by atoms with van der Waals surface area (Å²) in [6.07, 6.45) is -2.08. The van der Waals surface area contributed by atoms with Crippen LogP contribution in [-0.4, -0.2) is 18.3 Å². The number of benzene rings is 2. The number of anilines is 2. The van der Waals surface area contributed by atoms with Crippen LogP contribution in [0.5, 0.6) is 0 Å². The van der Waals surface area contributed by atoms with Crippen molar-refractivity contribution in [2.75, 3.05) is 10.6 Å². The molecular weight excluding hydrogens is 463 g/mol. The minimum Gasteiger partial charge on any atom is -0.381 e. The van der Waals surface area contributed by atoms with Crippen molar-refractivity contribution in [1.29, 1.82) is 0 Å². The average Bonchev–Trinajstić information content (AvgIpc) is 2.86. The van der Waals surface area contributed by atoms with E-state index in [1.807, 2.05) is 13.0 Å². The minimum atomic E-state index is -4.38. The van der Waals surface area contributed by atoms with Crippen LogP contribution >= 0.6 is 0 Å². The Hall–Kier alpha value is -2.64. The summed E-state index contributed by atoms with van der Waals surface area (Å²) >= 11 is 0. The van der Waals surface area contributed by atoms with E-state index in [1.165, 1.54) is 12.1 Å². The van der Waals surface area contributed by atoms with Crippen molar-refractivity contribution in [2.45, 2.75) is 89.3 Å². The molecule has 0 aliphatic heterocycles. The van der Waals surface area contributed by atoms with E-state index in [9.17, 15) is 26.7 Å². The van der Waals surface area contributed by atoms with Gasteiger partial charge >= 0.3 is 6.18 Å². The van der Waals surface area contributed by atoms with Gasteiger partial charge in [0.15, 0.2) is 0 Å². The maximum Gasteiger partial charge on any atom is 0.416 e. The zero-order valence-corrected chi connectivity index (χ0v) is 19.9. The molecule has 3 rings (SSSR count). The normalized spacial score (nSPS) is 16.5. The molecule has 0 spiro atoms. The summed E-state index contributed by atoms with van der Waals surface area (Å²) in [7, 11) is 0. The third kappa shape index (κ3) is 7.67. The predicted octanol–water partition coefficient (Wildman–Crippen LogP) is 8.17. The van der Waals surface area contributed by atoms with E-state index >= 15 is 0 Å². The number of alkyl halides is 5. The number of hydrogen-bond donors (Lipinski definition) is 2. The van der Waals surface area contributed by atoms with Gasteiger partial charge in [0.05, 0.1) is 5.56 Å². The molecule has 0 saturated heterocycles. The predicted molar refractivity (Wildman–Crippen MR) is 129 cm³/mol. The Bertz CT molecular complexity index is 955. The molecule has 2 aromatic rings. The van der Waals surface area contributed by atoms with E-state index in [2.05, 4.69) is 10.6 Å². The second kappa shape index (κ2) is 12.4. The lowest BCUT2D eigenvalue weighted by Gasteiger charge is -2.26. The minimum absolute atomic E-state index is 0.00732. The molecule has 0 unspecified atom stereocenters. The molecule has 0 radical (unpaired) electrons. The van der Waals surface area contributed by atoms with Gasteiger partial charge in [-0.25, -0.2) is 8.78 Å². The number of unbranched alkanes of at least 4 members (excludes halogenated alkanes) is 1. The first-order valence-corrected chi connectivity index (χ1v) is 12.3. The van der Waals surface area contributed by atoms with Crippen molar-refractivity contribution < 1.29 is 26.7 Å². The van der Waals surface area contributed by atoms with Gasteiger partial charge in [-0.2, -0.15) is 13.2 Å². The topological polar surface area (TPSA) is 41.1 Å². The molecule has 1 aliphatic rings. The molecule has 3 nitrogen and oxygen atoms in total. The molecule has 1 aliphatic carbocycles. The van der Waals surface area contributed by atoms with Gasteiger partial charge in [-0.15, -0.1) is 0 Å². The van der Waals surface area contributed by atoms with Gasteiger partial charge < -0.3 is 10.6 Å². The Morgan fingerprint density at radius 1 is 1.03 bits per heavy atom. The van der Waals surface area contributed by atoms with Gasteiger partial charge in [0.1, 0.15) is 6.17 Å². The number of rotatable bonds is 10. The highest BCUT2D eigenvalue weighted by molar-refractivity contribution is 5.95. The van der Waals surface area contributed by atoms with Gasteiger partial charge in [-0.3, -0.25) is 4.79 Å². The molecule has 0 aromatic heterocycles. The number of carbonyl (C=O) groups is 1. The fourth-order valence-electron chi connectivity index (χ4n) is 4.46. The van der Waals surface area contributed by atoms with Gasteiger partial charge in [-0.1, -0.05) is 51.2 Å². The standard InChI is InChI=1S/C27H33F5N2O/c1-2-3-9-23(28)25(29)26(35)34-24-15-14-21(16-22(24)19-7-5-4-6-8-19)33-17-18-10-12-20(13-11-18)27(30,31)32/h10-16,19,23,25,33H,2-9,17H2,1H3,(H,34,35)/t23-,25-/m0/s1. The first kappa shape index (κ1) is 27.0. The zero-order valence-electron chi connectivity index (χ0n) is 19.9. The van der Waals surface area contributed by atoms with Crippen molar-refractivity contribution >= 4 is 17.3 Å². The summed E-state index contributed by atoms with van der Waals surface area (Å²) in [5.41, 5.74) is 2.08. The van der Waals surface area contributed by atoms with Crippen molar-refractivity contribution in [2.24, 2.45) is 0 Å². The molecule has 2 N–H and O–H groups in total. The van der Waals surface area contributed by atoms with Crippen molar-refractivity contribution in [3.63, 3.8) is 0 Å². The number of nitrogens with one attached hydrogen (secondary N) is 2. The van der Waals surface area contributed by atoms with Crippen LogP contribution in [0.1, 0.15) is 80.9 Å². The highest BCUT2D eigenvalue weighted by Gasteiger charge is 2.30. The van der Waals surface area contributed by atoms with Crippen molar-refractivity contribution in [3.05, 3.63) is 59.2 Å². The summed E-state index contributed by atoms with van der Waals surface area (Å²) in [5.74, 6) is -0.790. The second-order valence-electron chi connectivity index (χ2n) is 9.23. The van der Waals surface area contributed by atoms with Crippen LogP contribution in [0.25, 0.3) is 0 Å². The molecule has 2 atom stereocenters. The lowest BCUT2D eigenvalue weighted by molar-refractivity contribution is -0.137. The molecule has 2 aromatic carbocycles. The lowest BCUT2D eigenvalue weighted by Crippen LogP contribution is -2.32. The Balaban J connectivity index is 1.73. The summed E-state index contributed by atoms with van der Waals surface area (Å²) in [5, 5.41) is 5.81. The first-order valence-electron chi connectivity index (χ1n) is 12.3. The molecule has 0 bridgehead atoms. The summed E-state index contributed by atoms with van der Waals surface area (Å²) in [4.78, 5) is 12.4. The molecule has 1 fully saturated rings. The maximum absolute atomic E-state index is 14.4. The second-order valence-corrected chi connectivity index (χ2v) is 9.23. The quantitative estimate of drug-likeness (QED) is 0.326. The van der Waals surface area contributed by atoms with Crippen molar-refractivity contribution in [1.82, 2.24) is 0 Å². The third-order valence-corrected chi connectivity index (χ3v) is 6.53. The number of amides is 1. The molecule has 8 heteroatoms. The average molecular weight is 497 g/mol. The first-order chi connectivity index (χ1) is 16.7. The van der Waals surface area contributed by atoms with Crippen LogP contribution in [0.2, 0.25) is 0 Å². The van der Waals surface area contributed by atoms with E-state index in [4.69, 9.17) is 0 Å². The fraction of sp³-hybridized carbons (Fsp3) is 0.519. The van der Waals surface area contributed by atoms with E-state index < -0.39 is 30.0 Å². The largest absolute Gasteiger partial charge is 0.416 e.